The molecule has 0 fully saturated rings. The summed E-state index contributed by atoms with van der Waals surface area (Å²) < 4.78 is 6.05. The Balaban J connectivity index is 2.16. The Morgan fingerprint density at radius 3 is 2.94 bits per heavy atom. The van der Waals surface area contributed by atoms with Gasteiger partial charge in [-0.1, -0.05) is 0 Å². The van der Waals surface area contributed by atoms with Gasteiger partial charge in [0.25, 0.3) is 0 Å². The lowest BCUT2D eigenvalue weighted by Crippen LogP contribution is -2.40. The molecule has 0 bridgehead atoms. The zero-order chi connectivity index (χ0) is 12.7. The van der Waals surface area contributed by atoms with Crippen LogP contribution >= 0.6 is 27.3 Å². The van der Waals surface area contributed by atoms with Crippen LogP contribution < -0.4 is 10.6 Å². The van der Waals surface area contributed by atoms with Crippen molar-refractivity contribution in [1.29, 1.82) is 0 Å². The molecule has 1 aromatic rings. The monoisotopic (exact) mass is 320 g/mol. The van der Waals surface area contributed by atoms with Gasteiger partial charge in [0.05, 0.1) is 16.9 Å². The minimum Gasteiger partial charge on any atom is -0.383 e. The third-order valence-corrected chi connectivity index (χ3v) is 3.66. The molecule has 4 nitrogen and oxygen atoms in total. The molecular formula is C11H17BrN2O2S. The fourth-order valence-corrected chi connectivity index (χ4v) is 2.82. The van der Waals surface area contributed by atoms with E-state index in [4.69, 9.17) is 4.74 Å². The molecule has 0 saturated heterocycles. The van der Waals surface area contributed by atoms with E-state index in [1.807, 2.05) is 19.1 Å². The van der Waals surface area contributed by atoms with Crippen LogP contribution in [0.5, 0.6) is 0 Å². The second-order valence-electron chi connectivity index (χ2n) is 3.73. The van der Waals surface area contributed by atoms with Crippen molar-refractivity contribution in [2.75, 3.05) is 20.3 Å². The van der Waals surface area contributed by atoms with Crippen molar-refractivity contribution in [1.82, 2.24) is 10.6 Å². The molecule has 1 amide bonds. The van der Waals surface area contributed by atoms with E-state index in [-0.39, 0.29) is 11.9 Å². The van der Waals surface area contributed by atoms with Gasteiger partial charge in [0.1, 0.15) is 0 Å². The molecule has 0 aliphatic carbocycles. The fourth-order valence-electron chi connectivity index (χ4n) is 1.36. The highest BCUT2D eigenvalue weighted by molar-refractivity contribution is 9.11. The second-order valence-corrected chi connectivity index (χ2v) is 6.28. The predicted molar refractivity (Wildman–Crippen MR) is 73.2 cm³/mol. The Morgan fingerprint density at radius 2 is 2.35 bits per heavy atom. The molecule has 6 heteroatoms. The summed E-state index contributed by atoms with van der Waals surface area (Å²) in [6, 6.07) is 4.08. The molecule has 1 unspecified atom stereocenters. The number of carbonyl (C=O) groups is 1. The summed E-state index contributed by atoms with van der Waals surface area (Å²) >= 11 is 5.06. The summed E-state index contributed by atoms with van der Waals surface area (Å²) in [4.78, 5) is 12.7. The lowest BCUT2D eigenvalue weighted by molar-refractivity contribution is -0.121. The summed E-state index contributed by atoms with van der Waals surface area (Å²) in [5.74, 6) is -0.00910. The Hall–Kier alpha value is -0.430. The average molecular weight is 321 g/mol. The zero-order valence-electron chi connectivity index (χ0n) is 9.96. The first-order valence-electron chi connectivity index (χ1n) is 5.35. The van der Waals surface area contributed by atoms with Crippen molar-refractivity contribution in [3.8, 4) is 0 Å². The number of methoxy groups -OCH3 is 1. The summed E-state index contributed by atoms with van der Waals surface area (Å²) in [6.45, 7) is 3.48. The molecule has 0 aliphatic heterocycles. The molecule has 0 saturated carbocycles. The van der Waals surface area contributed by atoms with Gasteiger partial charge in [0, 0.05) is 24.6 Å². The SMILES string of the molecule is COCC(C)NC(=O)CNCc1ccc(Br)s1. The third-order valence-electron chi connectivity index (χ3n) is 2.04. The van der Waals surface area contributed by atoms with Crippen molar-refractivity contribution in [2.45, 2.75) is 19.5 Å². The maximum absolute atomic E-state index is 11.5. The minimum atomic E-state index is -0.00910. The molecule has 96 valence electrons. The molecule has 0 aliphatic rings. The van der Waals surface area contributed by atoms with Gasteiger partial charge in [-0.05, 0) is 35.0 Å². The van der Waals surface area contributed by atoms with Gasteiger partial charge in [0.15, 0.2) is 0 Å². The number of nitrogens with one attached hydrogen (secondary N) is 2. The van der Waals surface area contributed by atoms with Crippen LogP contribution in [-0.2, 0) is 16.1 Å². The quantitative estimate of drug-likeness (QED) is 0.804. The molecule has 1 aromatic heterocycles. The number of amides is 1. The molecule has 1 heterocycles. The number of rotatable bonds is 7. The van der Waals surface area contributed by atoms with Crippen LogP contribution in [0.25, 0.3) is 0 Å². The number of hydrogen-bond acceptors (Lipinski definition) is 4. The number of ether oxygens (including phenoxy) is 1. The number of hydrogen-bond donors (Lipinski definition) is 2. The fraction of sp³-hybridized carbons (Fsp3) is 0.545. The molecule has 1 atom stereocenters. The first kappa shape index (κ1) is 14.6. The zero-order valence-corrected chi connectivity index (χ0v) is 12.4. The highest BCUT2D eigenvalue weighted by Crippen LogP contribution is 2.21. The molecule has 2 N–H and O–H groups in total. The first-order chi connectivity index (χ1) is 8.11. The van der Waals surface area contributed by atoms with E-state index < -0.39 is 0 Å². The van der Waals surface area contributed by atoms with Gasteiger partial charge in [0.2, 0.25) is 5.91 Å². The molecule has 0 spiro atoms. The Bertz CT molecular complexity index is 357. The summed E-state index contributed by atoms with van der Waals surface area (Å²) in [5.41, 5.74) is 0. The molecular weight excluding hydrogens is 304 g/mol. The van der Waals surface area contributed by atoms with Crippen LogP contribution in [0, 0.1) is 0 Å². The summed E-state index contributed by atoms with van der Waals surface area (Å²) in [5, 5.41) is 5.94. The Morgan fingerprint density at radius 1 is 1.59 bits per heavy atom. The predicted octanol–water partition coefficient (Wildman–Crippen LogP) is 1.75. The lowest BCUT2D eigenvalue weighted by atomic mass is 10.3. The second kappa shape index (κ2) is 7.81. The van der Waals surface area contributed by atoms with E-state index in [0.29, 0.717) is 19.7 Å². The summed E-state index contributed by atoms with van der Waals surface area (Å²) in [7, 11) is 1.62. The molecule has 1 rings (SSSR count). The smallest absolute Gasteiger partial charge is 0.234 e. The van der Waals surface area contributed by atoms with E-state index in [1.165, 1.54) is 4.88 Å². The highest BCUT2D eigenvalue weighted by atomic mass is 79.9. The maximum atomic E-state index is 11.5. The minimum absolute atomic E-state index is 0.00910. The maximum Gasteiger partial charge on any atom is 0.234 e. The first-order valence-corrected chi connectivity index (χ1v) is 6.96. The van der Waals surface area contributed by atoms with Crippen LogP contribution in [0.3, 0.4) is 0 Å². The van der Waals surface area contributed by atoms with Gasteiger partial charge in [-0.25, -0.2) is 0 Å². The topological polar surface area (TPSA) is 50.4 Å². The van der Waals surface area contributed by atoms with Gasteiger partial charge in [-0.3, -0.25) is 4.79 Å². The highest BCUT2D eigenvalue weighted by Gasteiger charge is 2.06. The number of carbonyl (C=O) groups excluding carboxylic acids is 1. The van der Waals surface area contributed by atoms with E-state index in [1.54, 1.807) is 18.4 Å². The van der Waals surface area contributed by atoms with E-state index >= 15 is 0 Å². The third kappa shape index (κ3) is 6.16. The number of thiophene rings is 1. The standard InChI is InChI=1S/C11H17BrN2O2S/c1-8(7-16-2)14-11(15)6-13-5-9-3-4-10(12)17-9/h3-4,8,13H,5-7H2,1-2H3,(H,14,15). The average Bonchev–Trinajstić information content (AvgIpc) is 2.64. The van der Waals surface area contributed by atoms with E-state index in [2.05, 4.69) is 26.6 Å². The van der Waals surface area contributed by atoms with Gasteiger partial charge in [-0.15, -0.1) is 11.3 Å². The normalized spacial score (nSPS) is 12.4. The van der Waals surface area contributed by atoms with Crippen molar-refractivity contribution >= 4 is 33.2 Å². The van der Waals surface area contributed by atoms with Gasteiger partial charge < -0.3 is 15.4 Å². The van der Waals surface area contributed by atoms with Crippen molar-refractivity contribution in [2.24, 2.45) is 0 Å². The molecule has 0 radical (unpaired) electrons. The van der Waals surface area contributed by atoms with Crippen LogP contribution in [0.2, 0.25) is 0 Å². The van der Waals surface area contributed by atoms with Gasteiger partial charge in [-0.2, -0.15) is 0 Å². The number of halogens is 1. The van der Waals surface area contributed by atoms with Gasteiger partial charge >= 0.3 is 0 Å². The van der Waals surface area contributed by atoms with Crippen LogP contribution in [0.1, 0.15) is 11.8 Å². The van der Waals surface area contributed by atoms with E-state index in [0.717, 1.165) is 3.79 Å². The lowest BCUT2D eigenvalue weighted by Gasteiger charge is -2.12. The van der Waals surface area contributed by atoms with Crippen LogP contribution in [-0.4, -0.2) is 32.2 Å². The molecule has 0 aromatic carbocycles. The summed E-state index contributed by atoms with van der Waals surface area (Å²) in [6.07, 6.45) is 0. The Kier molecular flexibility index (Phi) is 6.72. The Labute approximate surface area is 114 Å². The van der Waals surface area contributed by atoms with Crippen molar-refractivity contribution in [3.63, 3.8) is 0 Å². The molecule has 17 heavy (non-hydrogen) atoms. The van der Waals surface area contributed by atoms with E-state index in [9.17, 15) is 4.79 Å². The van der Waals surface area contributed by atoms with Crippen molar-refractivity contribution < 1.29 is 9.53 Å². The van der Waals surface area contributed by atoms with Crippen molar-refractivity contribution in [3.05, 3.63) is 20.8 Å². The van der Waals surface area contributed by atoms with Crippen LogP contribution in [0.15, 0.2) is 15.9 Å². The largest absolute Gasteiger partial charge is 0.383 e. The van der Waals surface area contributed by atoms with Crippen LogP contribution in [0.4, 0.5) is 0 Å².